The zero-order valence-electron chi connectivity index (χ0n) is 10.8. The second-order valence-electron chi connectivity index (χ2n) is 5.08. The molecule has 3 atom stereocenters. The molecule has 0 spiro atoms. The van der Waals surface area contributed by atoms with Crippen LogP contribution in [0, 0.1) is 5.92 Å². The fourth-order valence-corrected chi connectivity index (χ4v) is 3.90. The molecule has 20 heavy (non-hydrogen) atoms. The van der Waals surface area contributed by atoms with E-state index >= 15 is 0 Å². The molecule has 0 radical (unpaired) electrons. The Kier molecular flexibility index (Phi) is 3.50. The highest BCUT2D eigenvalue weighted by molar-refractivity contribution is 7.13. The molecule has 2 aromatic heterocycles. The molecular weight excluding hydrogens is 274 g/mol. The minimum absolute atomic E-state index is 0.0167. The Morgan fingerprint density at radius 2 is 2.20 bits per heavy atom. The molecule has 0 saturated heterocycles. The van der Waals surface area contributed by atoms with Gasteiger partial charge in [0.25, 0.3) is 0 Å². The molecule has 1 fully saturated rings. The third-order valence-corrected chi connectivity index (χ3v) is 4.82. The lowest BCUT2D eigenvalue weighted by molar-refractivity contribution is -0.122. The largest absolute Gasteiger partial charge is 0.393 e. The fraction of sp³-hybridized carbons (Fsp3) is 0.357. The zero-order chi connectivity index (χ0) is 14.1. The summed E-state index contributed by atoms with van der Waals surface area (Å²) < 4.78 is 0. The third kappa shape index (κ3) is 2.32. The summed E-state index contributed by atoms with van der Waals surface area (Å²) in [5.74, 6) is -0.651. The lowest BCUT2D eigenvalue weighted by atomic mass is 9.88. The molecule has 1 aliphatic rings. The van der Waals surface area contributed by atoms with E-state index in [1.807, 2.05) is 17.5 Å². The first-order valence-corrected chi connectivity index (χ1v) is 7.36. The number of aromatic nitrogens is 2. The lowest BCUT2D eigenvalue weighted by Gasteiger charge is -2.17. The van der Waals surface area contributed by atoms with E-state index in [2.05, 4.69) is 10.2 Å². The molecule has 0 bridgehead atoms. The van der Waals surface area contributed by atoms with Crippen LogP contribution in [0.2, 0.25) is 0 Å². The van der Waals surface area contributed by atoms with Crippen LogP contribution in [0.4, 0.5) is 0 Å². The van der Waals surface area contributed by atoms with Gasteiger partial charge in [0.15, 0.2) is 0 Å². The third-order valence-electron chi connectivity index (χ3n) is 3.84. The van der Waals surface area contributed by atoms with Gasteiger partial charge in [0.2, 0.25) is 5.91 Å². The van der Waals surface area contributed by atoms with Gasteiger partial charge in [-0.2, -0.15) is 10.2 Å². The predicted molar refractivity (Wildman–Crippen MR) is 76.0 cm³/mol. The molecule has 0 unspecified atom stereocenters. The van der Waals surface area contributed by atoms with Gasteiger partial charge in [-0.1, -0.05) is 0 Å². The van der Waals surface area contributed by atoms with Crippen LogP contribution in [-0.4, -0.2) is 27.3 Å². The van der Waals surface area contributed by atoms with Gasteiger partial charge in [-0.05, 0) is 41.8 Å². The molecule has 1 aliphatic carbocycles. The van der Waals surface area contributed by atoms with Crippen LogP contribution < -0.4 is 5.73 Å². The second-order valence-corrected chi connectivity index (χ2v) is 5.99. The van der Waals surface area contributed by atoms with Crippen molar-refractivity contribution in [1.82, 2.24) is 10.2 Å². The number of rotatable bonds is 3. The van der Waals surface area contributed by atoms with Crippen LogP contribution in [0.1, 0.15) is 24.3 Å². The van der Waals surface area contributed by atoms with E-state index in [4.69, 9.17) is 5.73 Å². The molecule has 6 heteroatoms. The molecule has 2 heterocycles. The average molecular weight is 289 g/mol. The normalized spacial score (nSPS) is 25.8. The van der Waals surface area contributed by atoms with Crippen molar-refractivity contribution in [1.29, 1.82) is 0 Å². The van der Waals surface area contributed by atoms with Gasteiger partial charge in [0.1, 0.15) is 0 Å². The highest BCUT2D eigenvalue weighted by Crippen LogP contribution is 2.45. The summed E-state index contributed by atoms with van der Waals surface area (Å²) in [6.45, 7) is 0. The summed E-state index contributed by atoms with van der Waals surface area (Å²) in [6, 6.07) is 3.91. The minimum Gasteiger partial charge on any atom is -0.393 e. The van der Waals surface area contributed by atoms with Gasteiger partial charge in [0, 0.05) is 16.4 Å². The number of nitrogens with zero attached hydrogens (tertiary/aromatic N) is 2. The van der Waals surface area contributed by atoms with E-state index < -0.39 is 6.10 Å². The number of amides is 1. The molecule has 3 rings (SSSR count). The maximum atomic E-state index is 11.6. The van der Waals surface area contributed by atoms with E-state index in [1.165, 1.54) is 0 Å². The van der Waals surface area contributed by atoms with Crippen molar-refractivity contribution in [3.8, 4) is 10.4 Å². The number of hydrogen-bond acceptors (Lipinski definition) is 5. The van der Waals surface area contributed by atoms with E-state index in [1.54, 1.807) is 23.7 Å². The quantitative estimate of drug-likeness (QED) is 0.897. The molecular formula is C14H15N3O2S. The van der Waals surface area contributed by atoms with E-state index in [-0.39, 0.29) is 17.7 Å². The van der Waals surface area contributed by atoms with Gasteiger partial charge < -0.3 is 10.8 Å². The predicted octanol–water partition coefficient (Wildman–Crippen LogP) is 1.54. The number of carbonyl (C=O) groups excluding carboxylic acids is 1. The number of nitrogens with two attached hydrogens (primary N) is 1. The Labute approximate surface area is 120 Å². The number of carbonyl (C=O) groups is 1. The molecule has 1 amide bonds. The minimum atomic E-state index is -0.458. The average Bonchev–Trinajstić information content (AvgIpc) is 3.05. The number of aliphatic hydroxyl groups excluding tert-OH is 1. The van der Waals surface area contributed by atoms with Crippen LogP contribution >= 0.6 is 11.3 Å². The molecule has 1 saturated carbocycles. The zero-order valence-corrected chi connectivity index (χ0v) is 11.6. The van der Waals surface area contributed by atoms with Gasteiger partial charge in [0.05, 0.1) is 18.5 Å². The molecule has 5 nitrogen and oxygen atoms in total. The van der Waals surface area contributed by atoms with Crippen molar-refractivity contribution >= 4 is 17.2 Å². The van der Waals surface area contributed by atoms with E-state index in [0.717, 1.165) is 16.0 Å². The first-order chi connectivity index (χ1) is 9.66. The maximum Gasteiger partial charge on any atom is 0.221 e. The Balaban J connectivity index is 1.99. The number of aliphatic hydroxyl groups is 1. The van der Waals surface area contributed by atoms with E-state index in [0.29, 0.717) is 12.8 Å². The molecule has 0 aliphatic heterocycles. The summed E-state index contributed by atoms with van der Waals surface area (Å²) in [5, 5.41) is 19.5. The lowest BCUT2D eigenvalue weighted by Crippen LogP contribution is -2.25. The van der Waals surface area contributed by atoms with Crippen LogP contribution in [0.15, 0.2) is 29.9 Å². The standard InChI is InChI=1S/C14H15N3O2S/c15-14(19)12-6-9(18)5-11(12)10-2-4-20-13(10)8-1-3-16-17-7-8/h1-4,7,9,11-12,18H,5-6H2,(H2,15,19)/t9-,11+,12+/m1/s1. The van der Waals surface area contributed by atoms with Gasteiger partial charge >= 0.3 is 0 Å². The Hall–Kier alpha value is -1.79. The highest BCUT2D eigenvalue weighted by Gasteiger charge is 2.39. The van der Waals surface area contributed by atoms with E-state index in [9.17, 15) is 9.90 Å². The monoisotopic (exact) mass is 289 g/mol. The fourth-order valence-electron chi connectivity index (χ4n) is 2.94. The van der Waals surface area contributed by atoms with Crippen molar-refractivity contribution in [3.63, 3.8) is 0 Å². The highest BCUT2D eigenvalue weighted by atomic mass is 32.1. The van der Waals surface area contributed by atoms with Crippen LogP contribution in [0.5, 0.6) is 0 Å². The first kappa shape index (κ1) is 13.2. The topological polar surface area (TPSA) is 89.1 Å². The number of thiophene rings is 1. The Morgan fingerprint density at radius 1 is 1.35 bits per heavy atom. The summed E-state index contributed by atoms with van der Waals surface area (Å²) in [5.41, 5.74) is 7.53. The molecule has 2 aromatic rings. The summed E-state index contributed by atoms with van der Waals surface area (Å²) >= 11 is 1.60. The van der Waals surface area contributed by atoms with Crippen molar-refractivity contribution < 1.29 is 9.90 Å². The van der Waals surface area contributed by atoms with Gasteiger partial charge in [-0.25, -0.2) is 0 Å². The number of primary amides is 1. The van der Waals surface area contributed by atoms with Crippen molar-refractivity contribution in [2.75, 3.05) is 0 Å². The Bertz CT molecular complexity index is 614. The Morgan fingerprint density at radius 3 is 2.90 bits per heavy atom. The van der Waals surface area contributed by atoms with Gasteiger partial charge in [-0.15, -0.1) is 11.3 Å². The second kappa shape index (κ2) is 5.30. The van der Waals surface area contributed by atoms with Gasteiger partial charge in [-0.3, -0.25) is 4.79 Å². The summed E-state index contributed by atoms with van der Waals surface area (Å²) in [7, 11) is 0. The van der Waals surface area contributed by atoms with Crippen molar-refractivity contribution in [3.05, 3.63) is 35.5 Å². The van der Waals surface area contributed by atoms with Crippen molar-refractivity contribution in [2.45, 2.75) is 24.9 Å². The summed E-state index contributed by atoms with van der Waals surface area (Å²) in [6.07, 6.45) is 3.92. The first-order valence-electron chi connectivity index (χ1n) is 6.48. The number of hydrogen-bond donors (Lipinski definition) is 2. The van der Waals surface area contributed by atoms with Crippen LogP contribution in [-0.2, 0) is 4.79 Å². The van der Waals surface area contributed by atoms with Crippen LogP contribution in [0.3, 0.4) is 0 Å². The SMILES string of the molecule is NC(=O)[C@H]1C[C@H](O)C[C@H]1c1ccsc1-c1ccnnc1. The smallest absolute Gasteiger partial charge is 0.221 e. The molecule has 104 valence electrons. The maximum absolute atomic E-state index is 11.6. The summed E-state index contributed by atoms with van der Waals surface area (Å²) in [4.78, 5) is 12.7. The van der Waals surface area contributed by atoms with Crippen molar-refractivity contribution in [2.24, 2.45) is 11.7 Å². The molecule has 3 N–H and O–H groups in total. The van der Waals surface area contributed by atoms with Crippen LogP contribution in [0.25, 0.3) is 10.4 Å². The molecule has 0 aromatic carbocycles.